The molecule has 1 aromatic heterocycles. The van der Waals surface area contributed by atoms with E-state index >= 15 is 0 Å². The van der Waals surface area contributed by atoms with Crippen LogP contribution in [0.15, 0.2) is 175 Å². The Morgan fingerprint density at radius 2 is 0.880 bits per heavy atom. The Hall–Kier alpha value is -6.39. The van der Waals surface area contributed by atoms with Gasteiger partial charge in [0, 0.05) is 34.2 Å². The van der Waals surface area contributed by atoms with Crippen molar-refractivity contribution in [3.63, 3.8) is 0 Å². The van der Waals surface area contributed by atoms with E-state index in [-0.39, 0.29) is 0 Å². The average molecular weight is 642 g/mol. The van der Waals surface area contributed by atoms with Gasteiger partial charge in [-0.15, -0.1) is 0 Å². The maximum absolute atomic E-state index is 6.72. The summed E-state index contributed by atoms with van der Waals surface area (Å²) in [5, 5.41) is 0. The van der Waals surface area contributed by atoms with Gasteiger partial charge in [-0.2, -0.15) is 0 Å². The molecule has 7 aromatic rings. The zero-order valence-corrected chi connectivity index (χ0v) is 27.3. The van der Waals surface area contributed by atoms with Gasteiger partial charge in [-0.1, -0.05) is 158 Å². The van der Waals surface area contributed by atoms with Gasteiger partial charge in [0.2, 0.25) is 0 Å². The molecule has 236 valence electrons. The van der Waals surface area contributed by atoms with Gasteiger partial charge in [0.1, 0.15) is 11.5 Å². The number of benzene rings is 6. The SMILES string of the molecule is C1=C(c2ccc(-c3nc(-c4ccccc4)nc(-c4ccccc4)n3)cc2)CCC2=C1C1(c3ccccc3O2)c2ccccc2-c2ccccc21. The molecule has 10 rings (SSSR count). The minimum Gasteiger partial charge on any atom is -0.461 e. The highest BCUT2D eigenvalue weighted by atomic mass is 16.5. The molecular formula is C46H31N3O. The normalized spacial score (nSPS) is 15.0. The number of hydrogen-bond donors (Lipinski definition) is 0. The van der Waals surface area contributed by atoms with Crippen LogP contribution in [0.25, 0.3) is 50.9 Å². The molecule has 1 aliphatic heterocycles. The molecule has 0 saturated carbocycles. The molecule has 50 heavy (non-hydrogen) atoms. The summed E-state index contributed by atoms with van der Waals surface area (Å²) in [5.74, 6) is 3.98. The summed E-state index contributed by atoms with van der Waals surface area (Å²) in [5.41, 5.74) is 12.5. The minimum atomic E-state index is -0.449. The molecular weight excluding hydrogens is 611 g/mol. The zero-order valence-electron chi connectivity index (χ0n) is 27.3. The van der Waals surface area contributed by atoms with Gasteiger partial charge in [0.25, 0.3) is 0 Å². The highest BCUT2D eigenvalue weighted by Crippen LogP contribution is 2.62. The van der Waals surface area contributed by atoms with Gasteiger partial charge >= 0.3 is 0 Å². The van der Waals surface area contributed by atoms with Crippen LogP contribution in [0.1, 0.15) is 35.1 Å². The van der Waals surface area contributed by atoms with Crippen LogP contribution < -0.4 is 4.74 Å². The third kappa shape index (κ3) is 4.35. The fraction of sp³-hybridized carbons (Fsp3) is 0.0652. The van der Waals surface area contributed by atoms with E-state index in [1.54, 1.807) is 0 Å². The van der Waals surface area contributed by atoms with Gasteiger partial charge in [0.15, 0.2) is 17.5 Å². The first-order valence-corrected chi connectivity index (χ1v) is 17.2. The van der Waals surface area contributed by atoms with Crippen molar-refractivity contribution in [2.75, 3.05) is 0 Å². The lowest BCUT2D eigenvalue weighted by Gasteiger charge is -2.42. The highest BCUT2D eigenvalue weighted by Gasteiger charge is 2.52. The number of para-hydroxylation sites is 1. The van der Waals surface area contributed by atoms with Crippen molar-refractivity contribution in [2.45, 2.75) is 18.3 Å². The molecule has 2 aliphatic carbocycles. The van der Waals surface area contributed by atoms with Gasteiger partial charge in [-0.3, -0.25) is 0 Å². The Bertz CT molecular complexity index is 2400. The standard InChI is InChI=1S/C46H31N3O/c1-3-13-31(14-4-1)43-47-44(32-15-5-2-6-16-32)49-45(48-43)33-25-23-30(24-26-33)34-27-28-42-40(29-34)46(39-21-11-12-22-41(39)50-42)37-19-9-7-17-35(37)36-18-8-10-20-38(36)46/h1-26,29H,27-28H2. The number of nitrogens with zero attached hydrogens (tertiary/aromatic N) is 3. The quantitative estimate of drug-likeness (QED) is 0.192. The third-order valence-corrected chi connectivity index (χ3v) is 10.3. The maximum Gasteiger partial charge on any atom is 0.164 e. The second-order valence-corrected chi connectivity index (χ2v) is 13.1. The molecule has 0 amide bonds. The minimum absolute atomic E-state index is 0.449. The number of hydrogen-bond acceptors (Lipinski definition) is 4. The fourth-order valence-electron chi connectivity index (χ4n) is 8.09. The Morgan fingerprint density at radius 1 is 0.420 bits per heavy atom. The molecule has 0 radical (unpaired) electrons. The molecule has 2 heterocycles. The summed E-state index contributed by atoms with van der Waals surface area (Å²) >= 11 is 0. The predicted molar refractivity (Wildman–Crippen MR) is 199 cm³/mol. The first-order chi connectivity index (χ1) is 24.8. The van der Waals surface area contributed by atoms with E-state index in [1.165, 1.54) is 44.5 Å². The monoisotopic (exact) mass is 641 g/mol. The molecule has 4 heteroatoms. The number of allylic oxidation sites excluding steroid dienone is 4. The van der Waals surface area contributed by atoms with Crippen LogP contribution in [-0.4, -0.2) is 15.0 Å². The molecule has 0 unspecified atom stereocenters. The second-order valence-electron chi connectivity index (χ2n) is 13.1. The molecule has 4 nitrogen and oxygen atoms in total. The van der Waals surface area contributed by atoms with E-state index in [4.69, 9.17) is 19.7 Å². The average Bonchev–Trinajstić information content (AvgIpc) is 3.49. The van der Waals surface area contributed by atoms with Crippen LogP contribution in [0, 0.1) is 0 Å². The number of ether oxygens (including phenoxy) is 1. The van der Waals surface area contributed by atoms with Crippen molar-refractivity contribution >= 4 is 5.57 Å². The van der Waals surface area contributed by atoms with E-state index in [0.29, 0.717) is 17.5 Å². The van der Waals surface area contributed by atoms with Crippen LogP contribution in [0.4, 0.5) is 0 Å². The lowest BCUT2D eigenvalue weighted by molar-refractivity contribution is 0.365. The van der Waals surface area contributed by atoms with Crippen molar-refractivity contribution in [3.8, 4) is 51.0 Å². The number of rotatable bonds is 4. The molecule has 0 atom stereocenters. The van der Waals surface area contributed by atoms with E-state index in [9.17, 15) is 0 Å². The topological polar surface area (TPSA) is 47.9 Å². The van der Waals surface area contributed by atoms with E-state index in [0.717, 1.165) is 41.0 Å². The highest BCUT2D eigenvalue weighted by molar-refractivity contribution is 5.89. The second kappa shape index (κ2) is 11.4. The fourth-order valence-corrected chi connectivity index (χ4v) is 8.09. The third-order valence-electron chi connectivity index (χ3n) is 10.3. The Labute approximate surface area is 291 Å². The lowest BCUT2D eigenvalue weighted by Crippen LogP contribution is -2.35. The summed E-state index contributed by atoms with van der Waals surface area (Å²) in [4.78, 5) is 14.8. The molecule has 0 saturated heterocycles. The van der Waals surface area contributed by atoms with Crippen LogP contribution in [0.2, 0.25) is 0 Å². The van der Waals surface area contributed by atoms with Crippen LogP contribution in [0.5, 0.6) is 5.75 Å². The van der Waals surface area contributed by atoms with E-state index in [2.05, 4.69) is 103 Å². The molecule has 3 aliphatic rings. The number of aromatic nitrogens is 3. The van der Waals surface area contributed by atoms with Crippen LogP contribution >= 0.6 is 0 Å². The van der Waals surface area contributed by atoms with Gasteiger partial charge < -0.3 is 4.74 Å². The van der Waals surface area contributed by atoms with Crippen LogP contribution in [0.3, 0.4) is 0 Å². The Morgan fingerprint density at radius 3 is 1.46 bits per heavy atom. The van der Waals surface area contributed by atoms with Gasteiger partial charge in [0.05, 0.1) is 5.41 Å². The van der Waals surface area contributed by atoms with Crippen molar-refractivity contribution < 1.29 is 4.74 Å². The molecule has 0 bridgehead atoms. The first kappa shape index (κ1) is 28.6. The van der Waals surface area contributed by atoms with Crippen molar-refractivity contribution in [1.29, 1.82) is 0 Å². The van der Waals surface area contributed by atoms with E-state index in [1.807, 2.05) is 60.7 Å². The maximum atomic E-state index is 6.72. The van der Waals surface area contributed by atoms with Crippen LogP contribution in [-0.2, 0) is 5.41 Å². The number of fused-ring (bicyclic) bond motifs is 8. The van der Waals surface area contributed by atoms with Crippen molar-refractivity contribution in [3.05, 3.63) is 197 Å². The molecule has 0 fully saturated rings. The molecule has 0 N–H and O–H groups in total. The van der Waals surface area contributed by atoms with E-state index < -0.39 is 5.41 Å². The summed E-state index contributed by atoms with van der Waals surface area (Å²) in [6.07, 6.45) is 4.13. The van der Waals surface area contributed by atoms with Gasteiger partial charge in [-0.05, 0) is 45.9 Å². The smallest absolute Gasteiger partial charge is 0.164 e. The lowest BCUT2D eigenvalue weighted by atomic mass is 9.64. The zero-order chi connectivity index (χ0) is 33.1. The summed E-state index contributed by atoms with van der Waals surface area (Å²) in [7, 11) is 0. The van der Waals surface area contributed by atoms with Gasteiger partial charge in [-0.25, -0.2) is 15.0 Å². The predicted octanol–water partition coefficient (Wildman–Crippen LogP) is 10.7. The van der Waals surface area contributed by atoms with Crippen molar-refractivity contribution in [1.82, 2.24) is 15.0 Å². The molecule has 1 spiro atoms. The molecule has 6 aromatic carbocycles. The Balaban J connectivity index is 1.09. The summed E-state index contributed by atoms with van der Waals surface area (Å²) in [6, 6.07) is 55.3. The summed E-state index contributed by atoms with van der Waals surface area (Å²) < 4.78 is 6.72. The largest absolute Gasteiger partial charge is 0.461 e. The summed E-state index contributed by atoms with van der Waals surface area (Å²) in [6.45, 7) is 0. The van der Waals surface area contributed by atoms with Crippen molar-refractivity contribution in [2.24, 2.45) is 0 Å². The first-order valence-electron chi connectivity index (χ1n) is 17.2. The Kier molecular flexibility index (Phi) is 6.50.